The second-order valence-corrected chi connectivity index (χ2v) is 7.48. The van der Waals surface area contributed by atoms with Crippen molar-refractivity contribution >= 4 is 16.8 Å². The monoisotopic (exact) mass is 432 g/mol. The number of nitriles is 1. The molecule has 0 aliphatic rings. The van der Waals surface area contributed by atoms with Gasteiger partial charge >= 0.3 is 6.18 Å². The quantitative estimate of drug-likeness (QED) is 0.642. The molecule has 0 aromatic carbocycles. The molecule has 11 heteroatoms. The van der Waals surface area contributed by atoms with Gasteiger partial charge in [0.1, 0.15) is 11.2 Å². The van der Waals surface area contributed by atoms with Gasteiger partial charge in [-0.1, -0.05) is 0 Å². The summed E-state index contributed by atoms with van der Waals surface area (Å²) in [6, 6.07) is 5.30. The zero-order valence-corrected chi connectivity index (χ0v) is 17.0. The van der Waals surface area contributed by atoms with Crippen molar-refractivity contribution in [3.05, 3.63) is 47.5 Å². The molecule has 0 saturated carbocycles. The number of pyridine rings is 2. The number of fused-ring (bicyclic) bond motifs is 1. The van der Waals surface area contributed by atoms with Crippen LogP contribution in [0.1, 0.15) is 35.5 Å². The average Bonchev–Trinajstić information content (AvgIpc) is 3.08. The number of carbonyl (C=O) groups is 1. The minimum Gasteiger partial charge on any atom is -0.468 e. The number of hydrogen-bond acceptors (Lipinski definition) is 6. The van der Waals surface area contributed by atoms with Crippen LogP contribution >= 0.6 is 0 Å². The molecule has 3 rings (SSSR count). The predicted octanol–water partition coefficient (Wildman–Crippen LogP) is 3.16. The summed E-state index contributed by atoms with van der Waals surface area (Å²) in [5.74, 6) is -0.588. The molecule has 3 heterocycles. The zero-order chi connectivity index (χ0) is 22.8. The highest BCUT2D eigenvalue weighted by molar-refractivity contribution is 6.04. The number of aryl methyl sites for hydroxylation is 1. The Morgan fingerprint density at radius 1 is 1.32 bits per heavy atom. The fourth-order valence-corrected chi connectivity index (χ4v) is 2.82. The largest absolute Gasteiger partial charge is 0.468 e. The lowest BCUT2D eigenvalue weighted by molar-refractivity contribution is -0.154. The van der Waals surface area contributed by atoms with Crippen LogP contribution in [0.3, 0.4) is 0 Å². The molecular formula is C20H19F3N6O2. The van der Waals surface area contributed by atoms with Crippen LogP contribution in [0, 0.1) is 18.3 Å². The van der Waals surface area contributed by atoms with Crippen LogP contribution in [0.2, 0.25) is 0 Å². The lowest BCUT2D eigenvalue weighted by Gasteiger charge is -2.17. The Labute approximate surface area is 175 Å². The molecular weight excluding hydrogens is 413 g/mol. The fraction of sp³-hybridized carbons (Fsp3) is 0.350. The van der Waals surface area contributed by atoms with Crippen molar-refractivity contribution in [3.8, 4) is 11.9 Å². The van der Waals surface area contributed by atoms with Crippen molar-refractivity contribution in [3.63, 3.8) is 0 Å². The molecule has 1 N–H and O–H groups in total. The molecule has 3 aromatic rings. The Bertz CT molecular complexity index is 1160. The van der Waals surface area contributed by atoms with E-state index in [4.69, 9.17) is 10.00 Å². The van der Waals surface area contributed by atoms with E-state index in [0.717, 1.165) is 0 Å². The van der Waals surface area contributed by atoms with Crippen LogP contribution in [0.4, 0.5) is 13.2 Å². The Kier molecular flexibility index (Phi) is 5.83. The molecule has 1 amide bonds. The van der Waals surface area contributed by atoms with E-state index in [9.17, 15) is 18.0 Å². The molecule has 0 unspecified atom stereocenters. The lowest BCUT2D eigenvalue weighted by atomic mass is 10.1. The smallest absolute Gasteiger partial charge is 0.422 e. The van der Waals surface area contributed by atoms with Crippen LogP contribution in [0.5, 0.6) is 5.88 Å². The van der Waals surface area contributed by atoms with Gasteiger partial charge in [0.2, 0.25) is 5.88 Å². The van der Waals surface area contributed by atoms with Gasteiger partial charge in [0, 0.05) is 24.2 Å². The predicted molar refractivity (Wildman–Crippen MR) is 104 cm³/mol. The summed E-state index contributed by atoms with van der Waals surface area (Å²) in [5.41, 5.74) is 0.756. The third-order valence-electron chi connectivity index (χ3n) is 4.21. The first-order valence-corrected chi connectivity index (χ1v) is 9.18. The molecule has 31 heavy (non-hydrogen) atoms. The van der Waals surface area contributed by atoms with E-state index in [-0.39, 0.29) is 18.1 Å². The van der Waals surface area contributed by atoms with E-state index in [1.165, 1.54) is 12.4 Å². The highest BCUT2D eigenvalue weighted by Crippen LogP contribution is 2.22. The summed E-state index contributed by atoms with van der Waals surface area (Å²) in [6.07, 6.45) is 0.0568. The molecule has 0 spiro atoms. The van der Waals surface area contributed by atoms with Crippen molar-refractivity contribution < 1.29 is 22.7 Å². The minimum atomic E-state index is -4.44. The van der Waals surface area contributed by atoms with Gasteiger partial charge in [0.25, 0.3) is 5.91 Å². The summed E-state index contributed by atoms with van der Waals surface area (Å²) in [6.45, 7) is 3.61. The number of ether oxygens (including phenoxy) is 1. The Hall–Kier alpha value is -3.68. The number of amides is 1. The maximum Gasteiger partial charge on any atom is 0.422 e. The summed E-state index contributed by atoms with van der Waals surface area (Å²) in [4.78, 5) is 20.6. The van der Waals surface area contributed by atoms with Crippen molar-refractivity contribution in [2.45, 2.75) is 39.0 Å². The van der Waals surface area contributed by atoms with Gasteiger partial charge in [-0.3, -0.25) is 14.5 Å². The third kappa shape index (κ3) is 5.48. The summed E-state index contributed by atoms with van der Waals surface area (Å²) in [5, 5.41) is 16.6. The molecule has 0 radical (unpaired) electrons. The van der Waals surface area contributed by atoms with E-state index in [1.807, 2.05) is 6.07 Å². The summed E-state index contributed by atoms with van der Waals surface area (Å²) in [7, 11) is 0. The van der Waals surface area contributed by atoms with Crippen LogP contribution in [-0.4, -0.2) is 44.0 Å². The summed E-state index contributed by atoms with van der Waals surface area (Å²) >= 11 is 0. The van der Waals surface area contributed by atoms with Gasteiger partial charge < -0.3 is 10.1 Å². The minimum absolute atomic E-state index is 0.0880. The first kappa shape index (κ1) is 22.0. The van der Waals surface area contributed by atoms with Gasteiger partial charge in [0.05, 0.1) is 23.5 Å². The van der Waals surface area contributed by atoms with Crippen molar-refractivity contribution in [2.24, 2.45) is 0 Å². The molecule has 0 saturated heterocycles. The zero-order valence-electron chi connectivity index (χ0n) is 17.0. The molecule has 0 atom stereocenters. The average molecular weight is 432 g/mol. The van der Waals surface area contributed by atoms with Gasteiger partial charge in [0.15, 0.2) is 6.61 Å². The molecule has 0 bridgehead atoms. The van der Waals surface area contributed by atoms with Crippen molar-refractivity contribution in [1.82, 2.24) is 25.1 Å². The molecule has 0 fully saturated rings. The second kappa shape index (κ2) is 8.22. The SMILES string of the molecule is Cc1cc(Cn2cc3c(C(=O)NC(C)(C)C#N)nccc3n2)cnc1OCC(F)(F)F. The van der Waals surface area contributed by atoms with Gasteiger partial charge in [-0.2, -0.15) is 23.5 Å². The van der Waals surface area contributed by atoms with E-state index in [2.05, 4.69) is 20.4 Å². The normalized spacial score (nSPS) is 11.9. The van der Waals surface area contributed by atoms with Crippen molar-refractivity contribution in [2.75, 3.05) is 6.61 Å². The Morgan fingerprint density at radius 3 is 2.71 bits per heavy atom. The highest BCUT2D eigenvalue weighted by Gasteiger charge is 2.29. The molecule has 0 aliphatic heterocycles. The lowest BCUT2D eigenvalue weighted by Crippen LogP contribution is -2.42. The second-order valence-electron chi connectivity index (χ2n) is 7.48. The van der Waals surface area contributed by atoms with Gasteiger partial charge in [-0.05, 0) is 38.5 Å². The Balaban J connectivity index is 1.81. The van der Waals surface area contributed by atoms with Crippen molar-refractivity contribution in [1.29, 1.82) is 5.26 Å². The van der Waals surface area contributed by atoms with E-state index in [1.54, 1.807) is 43.8 Å². The first-order chi connectivity index (χ1) is 14.5. The standard InChI is InChI=1S/C20H19F3N6O2/c1-12-6-13(7-26-18(12)31-11-20(21,22)23)8-29-9-14-15(28-29)4-5-25-16(14)17(30)27-19(2,3)10-24/h4-7,9H,8,11H2,1-3H3,(H,27,30). The third-order valence-corrected chi connectivity index (χ3v) is 4.21. The van der Waals surface area contributed by atoms with Crippen LogP contribution < -0.4 is 10.1 Å². The number of aromatic nitrogens is 4. The number of rotatable bonds is 6. The van der Waals surface area contributed by atoms with Crippen LogP contribution in [0.25, 0.3) is 10.9 Å². The van der Waals surface area contributed by atoms with Crippen LogP contribution in [-0.2, 0) is 6.54 Å². The topological polar surface area (TPSA) is 106 Å². The number of nitrogens with zero attached hydrogens (tertiary/aromatic N) is 5. The highest BCUT2D eigenvalue weighted by atomic mass is 19.4. The number of halogens is 3. The van der Waals surface area contributed by atoms with E-state index >= 15 is 0 Å². The summed E-state index contributed by atoms with van der Waals surface area (Å²) < 4.78 is 43.3. The van der Waals surface area contributed by atoms with Gasteiger partial charge in [-0.15, -0.1) is 0 Å². The maximum absolute atomic E-state index is 12.5. The molecule has 8 nitrogen and oxygen atoms in total. The maximum atomic E-state index is 12.5. The molecule has 162 valence electrons. The van der Waals surface area contributed by atoms with E-state index in [0.29, 0.717) is 22.0 Å². The number of nitrogens with one attached hydrogen (secondary N) is 1. The first-order valence-electron chi connectivity index (χ1n) is 9.18. The van der Waals surface area contributed by atoms with Crippen LogP contribution in [0.15, 0.2) is 30.7 Å². The molecule has 3 aromatic heterocycles. The Morgan fingerprint density at radius 2 is 2.06 bits per heavy atom. The molecule has 0 aliphatic carbocycles. The number of carbonyl (C=O) groups excluding carboxylic acids is 1. The number of alkyl halides is 3. The van der Waals surface area contributed by atoms with E-state index < -0.39 is 24.2 Å². The number of hydrogen-bond donors (Lipinski definition) is 1. The van der Waals surface area contributed by atoms with Gasteiger partial charge in [-0.25, -0.2) is 4.98 Å². The fourth-order valence-electron chi connectivity index (χ4n) is 2.82.